The molecule has 1 aromatic carbocycles. The summed E-state index contributed by atoms with van der Waals surface area (Å²) in [6, 6.07) is 5.89. The molecule has 0 aliphatic carbocycles. The summed E-state index contributed by atoms with van der Waals surface area (Å²) in [4.78, 5) is 10.7. The summed E-state index contributed by atoms with van der Waals surface area (Å²) >= 11 is 0. The van der Waals surface area contributed by atoms with E-state index in [2.05, 4.69) is 0 Å². The number of carbonyl (C=O) groups is 1. The predicted octanol–water partition coefficient (Wildman–Crippen LogP) is 2.19. The Morgan fingerprint density at radius 3 is 2.10 bits per heavy atom. The minimum Gasteiger partial charge on any atom is -0.478 e. The van der Waals surface area contributed by atoms with Crippen LogP contribution in [0.25, 0.3) is 0 Å². The number of carboxylic acid groups (broad SMARTS) is 1. The molecule has 0 radical (unpaired) electrons. The van der Waals surface area contributed by atoms with Crippen molar-refractivity contribution in [3.63, 3.8) is 0 Å². The Kier molecular flexibility index (Phi) is 4.94. The van der Waals surface area contributed by atoms with Crippen LogP contribution in [-0.2, 0) is 15.8 Å². The van der Waals surface area contributed by atoms with Crippen LogP contribution in [-0.4, -0.2) is 37.4 Å². The van der Waals surface area contributed by atoms with E-state index in [1.165, 1.54) is 28.6 Å². The van der Waals surface area contributed by atoms with Crippen molar-refractivity contribution in [2.75, 3.05) is 13.6 Å². The highest BCUT2D eigenvalue weighted by Crippen LogP contribution is 2.18. The number of aromatic carboxylic acids is 1. The average Bonchev–Trinajstić information content (AvgIpc) is 2.26. The van der Waals surface area contributed by atoms with E-state index in [1.807, 2.05) is 20.8 Å². The fourth-order valence-corrected chi connectivity index (χ4v) is 3.25. The Labute approximate surface area is 120 Å². The molecule has 0 aliphatic rings. The number of carboxylic acids is 1. The van der Waals surface area contributed by atoms with Crippen LogP contribution in [0.5, 0.6) is 0 Å². The molecule has 0 atom stereocenters. The van der Waals surface area contributed by atoms with E-state index < -0.39 is 16.0 Å². The zero-order chi connectivity index (χ0) is 15.6. The molecule has 5 nitrogen and oxygen atoms in total. The van der Waals surface area contributed by atoms with Gasteiger partial charge >= 0.3 is 5.97 Å². The van der Waals surface area contributed by atoms with Crippen LogP contribution in [0.4, 0.5) is 0 Å². The molecule has 1 rings (SSSR count). The van der Waals surface area contributed by atoms with Crippen LogP contribution in [0.15, 0.2) is 24.3 Å². The minimum atomic E-state index is -3.39. The normalized spacial score (nSPS) is 12.7. The van der Waals surface area contributed by atoms with Gasteiger partial charge in [-0.3, -0.25) is 0 Å². The van der Waals surface area contributed by atoms with Gasteiger partial charge in [0.15, 0.2) is 0 Å². The van der Waals surface area contributed by atoms with Gasteiger partial charge in [0.05, 0.1) is 11.3 Å². The number of nitrogens with zero attached hydrogens (tertiary/aromatic N) is 1. The van der Waals surface area contributed by atoms with Gasteiger partial charge in [-0.1, -0.05) is 32.9 Å². The van der Waals surface area contributed by atoms with Crippen molar-refractivity contribution in [3.8, 4) is 0 Å². The van der Waals surface area contributed by atoms with Crippen molar-refractivity contribution in [1.82, 2.24) is 4.31 Å². The van der Waals surface area contributed by atoms with Gasteiger partial charge in [-0.05, 0) is 23.1 Å². The maximum atomic E-state index is 12.2. The Hall–Kier alpha value is -1.40. The van der Waals surface area contributed by atoms with Crippen molar-refractivity contribution < 1.29 is 18.3 Å². The first-order valence-corrected chi connectivity index (χ1v) is 7.88. The summed E-state index contributed by atoms with van der Waals surface area (Å²) < 4.78 is 25.8. The fourth-order valence-electron chi connectivity index (χ4n) is 1.83. The molecule has 112 valence electrons. The third kappa shape index (κ3) is 4.94. The van der Waals surface area contributed by atoms with Gasteiger partial charge in [0.25, 0.3) is 0 Å². The van der Waals surface area contributed by atoms with E-state index in [1.54, 1.807) is 7.05 Å². The van der Waals surface area contributed by atoms with Crippen LogP contribution >= 0.6 is 0 Å². The molecule has 0 aliphatic heterocycles. The quantitative estimate of drug-likeness (QED) is 0.904. The fraction of sp³-hybridized carbons (Fsp3) is 0.500. The Morgan fingerprint density at radius 1 is 1.20 bits per heavy atom. The van der Waals surface area contributed by atoms with Crippen molar-refractivity contribution in [3.05, 3.63) is 35.4 Å². The zero-order valence-electron chi connectivity index (χ0n) is 12.3. The first-order chi connectivity index (χ1) is 9.01. The van der Waals surface area contributed by atoms with Gasteiger partial charge in [-0.25, -0.2) is 17.5 Å². The molecular formula is C14H21NO4S. The molecule has 0 unspecified atom stereocenters. The molecule has 0 amide bonds. The molecule has 0 saturated carbocycles. The van der Waals surface area contributed by atoms with Gasteiger partial charge in [-0.2, -0.15) is 0 Å². The van der Waals surface area contributed by atoms with E-state index in [0.29, 0.717) is 12.1 Å². The maximum Gasteiger partial charge on any atom is 0.335 e. The lowest BCUT2D eigenvalue weighted by Gasteiger charge is -2.26. The lowest BCUT2D eigenvalue weighted by Crippen LogP contribution is -2.35. The largest absolute Gasteiger partial charge is 0.478 e. The predicted molar refractivity (Wildman–Crippen MR) is 78.1 cm³/mol. The van der Waals surface area contributed by atoms with Crippen LogP contribution in [0.1, 0.15) is 36.7 Å². The number of sulfonamides is 1. The second kappa shape index (κ2) is 5.93. The van der Waals surface area contributed by atoms with Gasteiger partial charge in [0, 0.05) is 13.6 Å². The highest BCUT2D eigenvalue weighted by atomic mass is 32.2. The summed E-state index contributed by atoms with van der Waals surface area (Å²) in [5, 5.41) is 8.80. The first-order valence-electron chi connectivity index (χ1n) is 6.27. The highest BCUT2D eigenvalue weighted by molar-refractivity contribution is 7.88. The second-order valence-electron chi connectivity index (χ2n) is 6.08. The molecule has 0 aromatic heterocycles. The molecular weight excluding hydrogens is 278 g/mol. The maximum absolute atomic E-state index is 12.2. The van der Waals surface area contributed by atoms with Gasteiger partial charge in [0.1, 0.15) is 0 Å². The zero-order valence-corrected chi connectivity index (χ0v) is 13.1. The molecule has 0 bridgehead atoms. The van der Waals surface area contributed by atoms with Crippen LogP contribution in [0.2, 0.25) is 0 Å². The number of rotatable bonds is 5. The monoisotopic (exact) mass is 299 g/mol. The summed E-state index contributed by atoms with van der Waals surface area (Å²) in [7, 11) is -1.83. The highest BCUT2D eigenvalue weighted by Gasteiger charge is 2.23. The molecule has 0 heterocycles. The van der Waals surface area contributed by atoms with Crippen molar-refractivity contribution in [1.29, 1.82) is 0 Å². The average molecular weight is 299 g/mol. The van der Waals surface area contributed by atoms with Gasteiger partial charge in [-0.15, -0.1) is 0 Å². The van der Waals surface area contributed by atoms with Crippen molar-refractivity contribution in [2.45, 2.75) is 26.5 Å². The van der Waals surface area contributed by atoms with Crippen molar-refractivity contribution in [2.24, 2.45) is 5.41 Å². The van der Waals surface area contributed by atoms with E-state index in [4.69, 9.17) is 5.11 Å². The smallest absolute Gasteiger partial charge is 0.335 e. The van der Waals surface area contributed by atoms with Crippen LogP contribution < -0.4 is 0 Å². The Balaban J connectivity index is 2.83. The van der Waals surface area contributed by atoms with E-state index in [9.17, 15) is 13.2 Å². The molecule has 0 spiro atoms. The minimum absolute atomic E-state index is 0.116. The molecule has 1 N–H and O–H groups in total. The summed E-state index contributed by atoms with van der Waals surface area (Å²) in [5.41, 5.74) is 0.611. The summed E-state index contributed by atoms with van der Waals surface area (Å²) in [6.45, 7) is 6.35. The van der Waals surface area contributed by atoms with Crippen LogP contribution in [0.3, 0.4) is 0 Å². The molecule has 0 fully saturated rings. The van der Waals surface area contributed by atoms with Crippen molar-refractivity contribution >= 4 is 16.0 Å². The molecule has 0 saturated heterocycles. The molecule has 1 aromatic rings. The van der Waals surface area contributed by atoms with E-state index in [0.717, 1.165) is 0 Å². The summed E-state index contributed by atoms with van der Waals surface area (Å²) in [6.07, 6.45) is 0. The lowest BCUT2D eigenvalue weighted by atomic mass is 9.97. The van der Waals surface area contributed by atoms with Gasteiger partial charge in [0.2, 0.25) is 10.0 Å². The standard InChI is InChI=1S/C14H21NO4S/c1-14(2,3)10-15(4)20(18,19)9-11-5-7-12(8-6-11)13(16)17/h5-8H,9-10H2,1-4H3,(H,16,17). The Bertz CT molecular complexity index is 570. The molecule has 6 heteroatoms. The number of hydrogen-bond donors (Lipinski definition) is 1. The number of benzene rings is 1. The van der Waals surface area contributed by atoms with E-state index in [-0.39, 0.29) is 16.7 Å². The first kappa shape index (κ1) is 16.7. The summed E-state index contributed by atoms with van der Waals surface area (Å²) in [5.74, 6) is -1.15. The lowest BCUT2D eigenvalue weighted by molar-refractivity contribution is 0.0697. The van der Waals surface area contributed by atoms with Crippen LogP contribution in [0, 0.1) is 5.41 Å². The third-order valence-corrected chi connectivity index (χ3v) is 4.50. The molecule has 20 heavy (non-hydrogen) atoms. The Morgan fingerprint density at radius 2 is 1.70 bits per heavy atom. The van der Waals surface area contributed by atoms with Gasteiger partial charge < -0.3 is 5.11 Å². The third-order valence-electron chi connectivity index (χ3n) is 2.72. The number of hydrogen-bond acceptors (Lipinski definition) is 3. The SMILES string of the molecule is CN(CC(C)(C)C)S(=O)(=O)Cc1ccc(C(=O)O)cc1. The van der Waals surface area contributed by atoms with E-state index >= 15 is 0 Å². The second-order valence-corrected chi connectivity index (χ2v) is 8.15. The topological polar surface area (TPSA) is 74.7 Å².